The van der Waals surface area contributed by atoms with Gasteiger partial charge in [0.1, 0.15) is 12.4 Å². The van der Waals surface area contributed by atoms with Gasteiger partial charge in [-0.25, -0.2) is 4.79 Å². The van der Waals surface area contributed by atoms with Crippen LogP contribution in [0, 0.1) is 11.3 Å². The molecule has 0 saturated heterocycles. The Morgan fingerprint density at radius 1 is 1.13 bits per heavy atom. The molecule has 0 aromatic heterocycles. The summed E-state index contributed by atoms with van der Waals surface area (Å²) in [7, 11) is 1.50. The topological polar surface area (TPSA) is 76.4 Å². The fourth-order valence-electron chi connectivity index (χ4n) is 2.05. The van der Waals surface area contributed by atoms with Crippen molar-refractivity contribution in [3.05, 3.63) is 64.7 Å². The van der Waals surface area contributed by atoms with Gasteiger partial charge < -0.3 is 9.47 Å². The molecule has 2 aromatic carbocycles. The minimum atomic E-state index is -0.544. The van der Waals surface area contributed by atoms with Crippen LogP contribution in [0.1, 0.15) is 38.8 Å². The van der Waals surface area contributed by atoms with Crippen molar-refractivity contribution in [1.82, 2.24) is 0 Å². The lowest BCUT2D eigenvalue weighted by molar-refractivity contribution is 0.0470. The summed E-state index contributed by atoms with van der Waals surface area (Å²) in [6, 6.07) is 13.2. The van der Waals surface area contributed by atoms with E-state index >= 15 is 0 Å². The highest BCUT2D eigenvalue weighted by Gasteiger charge is 2.12. The van der Waals surface area contributed by atoms with Crippen molar-refractivity contribution in [2.45, 2.75) is 13.5 Å². The molecule has 0 radical (unpaired) electrons. The van der Waals surface area contributed by atoms with Gasteiger partial charge in [0.15, 0.2) is 5.78 Å². The van der Waals surface area contributed by atoms with Gasteiger partial charge in [0.2, 0.25) is 0 Å². The van der Waals surface area contributed by atoms with Crippen molar-refractivity contribution in [2.75, 3.05) is 7.11 Å². The molecule has 0 fully saturated rings. The Labute approximate surface area is 134 Å². The predicted octanol–water partition coefficient (Wildman–Crippen LogP) is 3.13. The van der Waals surface area contributed by atoms with E-state index in [1.54, 1.807) is 36.4 Å². The predicted molar refractivity (Wildman–Crippen MR) is 83.3 cm³/mol. The van der Waals surface area contributed by atoms with Crippen molar-refractivity contribution in [3.63, 3.8) is 0 Å². The molecule has 0 N–H and O–H groups in total. The molecule has 5 nitrogen and oxygen atoms in total. The van der Waals surface area contributed by atoms with E-state index in [1.807, 2.05) is 6.07 Å². The third-order valence-electron chi connectivity index (χ3n) is 3.27. The number of carbonyl (C=O) groups is 2. The van der Waals surface area contributed by atoms with Gasteiger partial charge in [-0.1, -0.05) is 6.07 Å². The molecule has 2 rings (SSSR count). The van der Waals surface area contributed by atoms with Crippen LogP contribution in [-0.4, -0.2) is 18.9 Å². The van der Waals surface area contributed by atoms with E-state index < -0.39 is 5.97 Å². The summed E-state index contributed by atoms with van der Waals surface area (Å²) >= 11 is 0. The molecule has 0 heterocycles. The van der Waals surface area contributed by atoms with E-state index in [0.717, 1.165) is 0 Å². The van der Waals surface area contributed by atoms with Crippen LogP contribution in [0.2, 0.25) is 0 Å². The number of ketones is 1. The monoisotopic (exact) mass is 309 g/mol. The van der Waals surface area contributed by atoms with Gasteiger partial charge >= 0.3 is 5.97 Å². The first-order valence-corrected chi connectivity index (χ1v) is 6.90. The zero-order valence-electron chi connectivity index (χ0n) is 12.8. The number of methoxy groups -OCH3 is 1. The standard InChI is InChI=1S/C18H15NO4/c1-12(20)14-6-7-17(22-2)16(9-14)11-23-18(21)15-5-3-4-13(8-15)10-19/h3-9H,11H2,1-2H3. The summed E-state index contributed by atoms with van der Waals surface area (Å²) in [6.07, 6.45) is 0. The van der Waals surface area contributed by atoms with Gasteiger partial charge in [-0.3, -0.25) is 4.79 Å². The molecule has 0 spiro atoms. The highest BCUT2D eigenvalue weighted by atomic mass is 16.5. The first-order valence-electron chi connectivity index (χ1n) is 6.90. The maximum atomic E-state index is 12.1. The third kappa shape index (κ3) is 3.95. The molecule has 23 heavy (non-hydrogen) atoms. The summed E-state index contributed by atoms with van der Waals surface area (Å²) < 4.78 is 10.5. The number of benzene rings is 2. The Kier molecular flexibility index (Phi) is 5.11. The molecule has 116 valence electrons. The lowest BCUT2D eigenvalue weighted by Crippen LogP contribution is -2.07. The fraction of sp³-hybridized carbons (Fsp3) is 0.167. The molecule has 0 bridgehead atoms. The number of esters is 1. The van der Waals surface area contributed by atoms with E-state index in [2.05, 4.69) is 0 Å². The van der Waals surface area contributed by atoms with Crippen molar-refractivity contribution >= 4 is 11.8 Å². The average Bonchev–Trinajstić information content (AvgIpc) is 2.59. The maximum absolute atomic E-state index is 12.1. The zero-order valence-corrected chi connectivity index (χ0v) is 12.8. The molecule has 5 heteroatoms. The van der Waals surface area contributed by atoms with E-state index in [9.17, 15) is 9.59 Å². The molecular formula is C18H15NO4. The number of carbonyl (C=O) groups excluding carboxylic acids is 2. The van der Waals surface area contributed by atoms with Crippen LogP contribution >= 0.6 is 0 Å². The second-order valence-electron chi connectivity index (χ2n) is 4.85. The van der Waals surface area contributed by atoms with Crippen molar-refractivity contribution in [3.8, 4) is 11.8 Å². The summed E-state index contributed by atoms with van der Waals surface area (Å²) in [4.78, 5) is 23.5. The molecule has 0 aliphatic heterocycles. The Balaban J connectivity index is 2.16. The highest BCUT2D eigenvalue weighted by molar-refractivity contribution is 5.94. The molecule has 0 atom stereocenters. The van der Waals surface area contributed by atoms with Gasteiger partial charge in [0.25, 0.3) is 0 Å². The molecule has 0 amide bonds. The Morgan fingerprint density at radius 2 is 1.91 bits per heavy atom. The number of rotatable bonds is 5. The van der Waals surface area contributed by atoms with Crippen LogP contribution in [0.15, 0.2) is 42.5 Å². The second-order valence-corrected chi connectivity index (χ2v) is 4.85. The third-order valence-corrected chi connectivity index (χ3v) is 3.27. The number of nitriles is 1. The second kappa shape index (κ2) is 7.23. The minimum absolute atomic E-state index is 0.0279. The van der Waals surface area contributed by atoms with E-state index in [-0.39, 0.29) is 12.4 Å². The Bertz CT molecular complexity index is 790. The normalized spacial score (nSPS) is 9.78. The number of nitrogens with zero attached hydrogens (tertiary/aromatic N) is 1. The summed E-state index contributed by atoms with van der Waals surface area (Å²) in [6.45, 7) is 1.44. The minimum Gasteiger partial charge on any atom is -0.496 e. The Hall–Kier alpha value is -3.13. The van der Waals surface area contributed by atoms with Crippen LogP contribution in [0.4, 0.5) is 0 Å². The summed E-state index contributed by atoms with van der Waals surface area (Å²) in [5, 5.41) is 8.85. The summed E-state index contributed by atoms with van der Waals surface area (Å²) in [5.41, 5.74) is 1.80. The molecule has 0 aliphatic rings. The van der Waals surface area contributed by atoms with Crippen molar-refractivity contribution < 1.29 is 19.1 Å². The maximum Gasteiger partial charge on any atom is 0.338 e. The van der Waals surface area contributed by atoms with Crippen molar-refractivity contribution in [1.29, 1.82) is 5.26 Å². The number of hydrogen-bond acceptors (Lipinski definition) is 5. The number of Topliss-reactive ketones (excluding diaryl/α,β-unsaturated/α-hetero) is 1. The first kappa shape index (κ1) is 16.2. The van der Waals surface area contributed by atoms with E-state index in [1.165, 1.54) is 20.1 Å². The highest BCUT2D eigenvalue weighted by Crippen LogP contribution is 2.21. The quantitative estimate of drug-likeness (QED) is 0.626. The Morgan fingerprint density at radius 3 is 2.57 bits per heavy atom. The van der Waals surface area contributed by atoms with Crippen molar-refractivity contribution in [2.24, 2.45) is 0 Å². The first-order chi connectivity index (χ1) is 11.0. The van der Waals surface area contributed by atoms with E-state index in [4.69, 9.17) is 14.7 Å². The van der Waals surface area contributed by atoms with Crippen LogP contribution in [0.5, 0.6) is 5.75 Å². The molecular weight excluding hydrogens is 294 g/mol. The lowest BCUT2D eigenvalue weighted by Gasteiger charge is -2.10. The van der Waals surface area contributed by atoms with Gasteiger partial charge in [-0.05, 0) is 43.3 Å². The molecule has 0 saturated carbocycles. The largest absolute Gasteiger partial charge is 0.496 e. The smallest absolute Gasteiger partial charge is 0.338 e. The molecule has 0 unspecified atom stereocenters. The fourth-order valence-corrected chi connectivity index (χ4v) is 2.05. The molecule has 0 aliphatic carbocycles. The summed E-state index contributed by atoms with van der Waals surface area (Å²) in [5.74, 6) is -0.0899. The van der Waals surface area contributed by atoms with Crippen LogP contribution < -0.4 is 4.74 Å². The number of hydrogen-bond donors (Lipinski definition) is 0. The van der Waals surface area contributed by atoms with Gasteiger partial charge in [-0.2, -0.15) is 5.26 Å². The van der Waals surface area contributed by atoms with Crippen LogP contribution in [0.25, 0.3) is 0 Å². The van der Waals surface area contributed by atoms with Gasteiger partial charge in [0, 0.05) is 11.1 Å². The molecule has 2 aromatic rings. The van der Waals surface area contributed by atoms with Gasteiger partial charge in [0.05, 0.1) is 24.3 Å². The van der Waals surface area contributed by atoms with Gasteiger partial charge in [-0.15, -0.1) is 0 Å². The van der Waals surface area contributed by atoms with Crippen LogP contribution in [-0.2, 0) is 11.3 Å². The van der Waals surface area contributed by atoms with E-state index in [0.29, 0.717) is 28.0 Å². The zero-order chi connectivity index (χ0) is 16.8. The number of ether oxygens (including phenoxy) is 2. The SMILES string of the molecule is COc1ccc(C(C)=O)cc1COC(=O)c1cccc(C#N)c1. The lowest BCUT2D eigenvalue weighted by atomic mass is 10.1. The van der Waals surface area contributed by atoms with Crippen LogP contribution in [0.3, 0.4) is 0 Å². The average molecular weight is 309 g/mol.